The van der Waals surface area contributed by atoms with E-state index in [-0.39, 0.29) is 11.8 Å². The maximum atomic E-state index is 11.3. The van der Waals surface area contributed by atoms with Crippen LogP contribution in [0.2, 0.25) is 0 Å². The molecule has 2 rings (SSSR count). The second kappa shape index (κ2) is 3.50. The highest BCUT2D eigenvalue weighted by molar-refractivity contribution is 6.35. The lowest BCUT2D eigenvalue weighted by Crippen LogP contribution is -2.27. The van der Waals surface area contributed by atoms with Gasteiger partial charge in [-0.1, -0.05) is 30.3 Å². The van der Waals surface area contributed by atoms with Gasteiger partial charge >= 0.3 is 0 Å². The first-order valence-corrected chi connectivity index (χ1v) is 5.02. The molecule has 2 N–H and O–H groups in total. The molecule has 1 aliphatic carbocycles. The third-order valence-corrected chi connectivity index (χ3v) is 3.01. The molecule has 1 aliphatic rings. The van der Waals surface area contributed by atoms with Gasteiger partial charge in [-0.3, -0.25) is 9.59 Å². The lowest BCUT2D eigenvalue weighted by atomic mass is 9.90. The van der Waals surface area contributed by atoms with Crippen molar-refractivity contribution < 1.29 is 9.59 Å². The predicted octanol–water partition coefficient (Wildman–Crippen LogP) is 1.16. The number of hydrogen-bond donors (Lipinski definition) is 1. The minimum absolute atomic E-state index is 0.104. The first-order chi connectivity index (χ1) is 7.14. The number of hydrogen-bond acceptors (Lipinski definition) is 2. The SMILES string of the molecule is NC(=O)C(=O)CC1(c2ccccc2)CC1. The number of Topliss-reactive ketones (excluding diaryl/α,β-unsaturated/α-hetero) is 1. The second-order valence-corrected chi connectivity index (χ2v) is 4.11. The maximum absolute atomic E-state index is 11.3. The van der Waals surface area contributed by atoms with Crippen molar-refractivity contribution in [1.82, 2.24) is 0 Å². The van der Waals surface area contributed by atoms with Gasteiger partial charge in [-0.2, -0.15) is 0 Å². The zero-order valence-corrected chi connectivity index (χ0v) is 8.40. The molecule has 0 saturated heterocycles. The highest BCUT2D eigenvalue weighted by Gasteiger charge is 2.46. The molecule has 0 unspecified atom stereocenters. The molecule has 1 aromatic carbocycles. The van der Waals surface area contributed by atoms with Crippen molar-refractivity contribution in [2.45, 2.75) is 24.7 Å². The fourth-order valence-corrected chi connectivity index (χ4v) is 1.90. The Kier molecular flexibility index (Phi) is 2.31. The molecule has 1 amide bonds. The lowest BCUT2D eigenvalue weighted by molar-refractivity contribution is -0.136. The second-order valence-electron chi connectivity index (χ2n) is 4.11. The highest BCUT2D eigenvalue weighted by Crippen LogP contribution is 2.50. The quantitative estimate of drug-likeness (QED) is 0.746. The number of carbonyl (C=O) groups is 2. The van der Waals surface area contributed by atoms with E-state index in [4.69, 9.17) is 5.73 Å². The Bertz CT molecular complexity index is 393. The molecule has 0 atom stereocenters. The molecule has 0 radical (unpaired) electrons. The summed E-state index contributed by atoms with van der Waals surface area (Å²) in [6, 6.07) is 9.84. The van der Waals surface area contributed by atoms with Crippen molar-refractivity contribution in [3.63, 3.8) is 0 Å². The van der Waals surface area contributed by atoms with Gasteiger partial charge in [0, 0.05) is 11.8 Å². The Labute approximate surface area is 88.3 Å². The van der Waals surface area contributed by atoms with Gasteiger partial charge in [0.2, 0.25) is 5.78 Å². The maximum Gasteiger partial charge on any atom is 0.284 e. The van der Waals surface area contributed by atoms with Crippen LogP contribution in [0, 0.1) is 0 Å². The van der Waals surface area contributed by atoms with E-state index >= 15 is 0 Å². The minimum Gasteiger partial charge on any atom is -0.363 e. The normalized spacial score (nSPS) is 17.1. The van der Waals surface area contributed by atoms with Crippen LogP contribution in [0.3, 0.4) is 0 Å². The standard InChI is InChI=1S/C12H13NO2/c13-11(15)10(14)8-12(6-7-12)9-4-2-1-3-5-9/h1-5H,6-8H2,(H2,13,15). The zero-order valence-electron chi connectivity index (χ0n) is 8.40. The van der Waals surface area contributed by atoms with Crippen LogP contribution in [0.15, 0.2) is 30.3 Å². The van der Waals surface area contributed by atoms with Gasteiger partial charge in [-0.25, -0.2) is 0 Å². The summed E-state index contributed by atoms with van der Waals surface area (Å²) in [5.74, 6) is -1.28. The summed E-state index contributed by atoms with van der Waals surface area (Å²) < 4.78 is 0. The molecule has 3 heteroatoms. The number of primary amides is 1. The van der Waals surface area contributed by atoms with Crippen LogP contribution < -0.4 is 5.73 Å². The van der Waals surface area contributed by atoms with E-state index in [2.05, 4.69) is 0 Å². The van der Waals surface area contributed by atoms with Crippen LogP contribution in [-0.2, 0) is 15.0 Å². The van der Waals surface area contributed by atoms with Crippen molar-refractivity contribution in [2.75, 3.05) is 0 Å². The van der Waals surface area contributed by atoms with Crippen LogP contribution in [0.25, 0.3) is 0 Å². The summed E-state index contributed by atoms with van der Waals surface area (Å²) in [4.78, 5) is 22.0. The first kappa shape index (κ1) is 9.90. The van der Waals surface area contributed by atoms with E-state index in [1.54, 1.807) is 0 Å². The van der Waals surface area contributed by atoms with Crippen LogP contribution in [-0.4, -0.2) is 11.7 Å². The van der Waals surface area contributed by atoms with Gasteiger partial charge in [0.25, 0.3) is 5.91 Å². The first-order valence-electron chi connectivity index (χ1n) is 5.02. The molecule has 3 nitrogen and oxygen atoms in total. The van der Waals surface area contributed by atoms with Crippen molar-refractivity contribution in [3.05, 3.63) is 35.9 Å². The van der Waals surface area contributed by atoms with E-state index in [9.17, 15) is 9.59 Å². The Morgan fingerprint density at radius 2 is 1.80 bits per heavy atom. The van der Waals surface area contributed by atoms with E-state index in [1.807, 2.05) is 30.3 Å². The van der Waals surface area contributed by atoms with Crippen molar-refractivity contribution in [1.29, 1.82) is 0 Å². The topological polar surface area (TPSA) is 60.2 Å². The van der Waals surface area contributed by atoms with Crippen molar-refractivity contribution >= 4 is 11.7 Å². The van der Waals surface area contributed by atoms with Gasteiger partial charge in [0.05, 0.1) is 0 Å². The molecular weight excluding hydrogens is 190 g/mol. The van der Waals surface area contributed by atoms with Crippen LogP contribution in [0.5, 0.6) is 0 Å². The molecule has 15 heavy (non-hydrogen) atoms. The fraction of sp³-hybridized carbons (Fsp3) is 0.333. The molecule has 1 aromatic rings. The highest BCUT2D eigenvalue weighted by atomic mass is 16.2. The fourth-order valence-electron chi connectivity index (χ4n) is 1.90. The van der Waals surface area contributed by atoms with Gasteiger partial charge in [0.1, 0.15) is 0 Å². The summed E-state index contributed by atoms with van der Waals surface area (Å²) >= 11 is 0. The molecule has 78 valence electrons. The minimum atomic E-state index is -0.822. The van der Waals surface area contributed by atoms with Crippen LogP contribution in [0.4, 0.5) is 0 Å². The van der Waals surface area contributed by atoms with Crippen LogP contribution in [0.1, 0.15) is 24.8 Å². The molecule has 0 heterocycles. The zero-order chi connectivity index (χ0) is 10.9. The van der Waals surface area contributed by atoms with E-state index < -0.39 is 11.7 Å². The molecule has 0 bridgehead atoms. The van der Waals surface area contributed by atoms with Crippen LogP contribution >= 0.6 is 0 Å². The summed E-state index contributed by atoms with van der Waals surface area (Å²) in [5.41, 5.74) is 6.00. The molecule has 0 spiro atoms. The molecule has 1 fully saturated rings. The number of nitrogens with two attached hydrogens (primary N) is 1. The average Bonchev–Trinajstić information content (AvgIpc) is 3.00. The van der Waals surface area contributed by atoms with E-state index in [0.29, 0.717) is 0 Å². The lowest BCUT2D eigenvalue weighted by Gasteiger charge is -2.13. The largest absolute Gasteiger partial charge is 0.363 e. The number of benzene rings is 1. The molecular formula is C12H13NO2. The predicted molar refractivity (Wildman–Crippen MR) is 56.2 cm³/mol. The smallest absolute Gasteiger partial charge is 0.284 e. The van der Waals surface area contributed by atoms with Gasteiger partial charge in [0.15, 0.2) is 0 Å². The van der Waals surface area contributed by atoms with Crippen molar-refractivity contribution in [3.8, 4) is 0 Å². The Morgan fingerprint density at radius 3 is 2.27 bits per heavy atom. The summed E-state index contributed by atoms with van der Waals surface area (Å²) in [6.45, 7) is 0. The number of amides is 1. The summed E-state index contributed by atoms with van der Waals surface area (Å²) in [7, 11) is 0. The Hall–Kier alpha value is -1.64. The molecule has 0 aliphatic heterocycles. The summed E-state index contributed by atoms with van der Waals surface area (Å²) in [6.07, 6.45) is 2.19. The van der Waals surface area contributed by atoms with Gasteiger partial charge in [-0.05, 0) is 18.4 Å². The molecule has 1 saturated carbocycles. The average molecular weight is 203 g/mol. The number of ketones is 1. The van der Waals surface area contributed by atoms with Crippen molar-refractivity contribution in [2.24, 2.45) is 5.73 Å². The third kappa shape index (κ3) is 1.91. The van der Waals surface area contributed by atoms with Gasteiger partial charge in [-0.15, -0.1) is 0 Å². The Morgan fingerprint density at radius 1 is 1.20 bits per heavy atom. The summed E-state index contributed by atoms with van der Waals surface area (Å²) in [5, 5.41) is 0. The van der Waals surface area contributed by atoms with E-state index in [0.717, 1.165) is 18.4 Å². The molecule has 0 aromatic heterocycles. The number of carbonyl (C=O) groups excluding carboxylic acids is 2. The Balaban J connectivity index is 2.15. The monoisotopic (exact) mass is 203 g/mol. The number of rotatable bonds is 4. The van der Waals surface area contributed by atoms with Gasteiger partial charge < -0.3 is 5.73 Å². The third-order valence-electron chi connectivity index (χ3n) is 3.01. The van der Waals surface area contributed by atoms with E-state index in [1.165, 1.54) is 0 Å².